The molecule has 110 valence electrons. The van der Waals surface area contributed by atoms with E-state index in [1.807, 2.05) is 18.0 Å². The van der Waals surface area contributed by atoms with E-state index in [1.165, 1.54) is 5.56 Å². The third kappa shape index (κ3) is 4.05. The second-order valence-electron chi connectivity index (χ2n) is 4.96. The molecule has 4 heteroatoms. The van der Waals surface area contributed by atoms with Crippen molar-refractivity contribution in [2.24, 2.45) is 0 Å². The van der Waals surface area contributed by atoms with Crippen LogP contribution >= 0.6 is 0 Å². The zero-order valence-corrected chi connectivity index (χ0v) is 12.5. The molecule has 21 heavy (non-hydrogen) atoms. The number of amides is 1. The predicted molar refractivity (Wildman–Crippen MR) is 85.7 cm³/mol. The van der Waals surface area contributed by atoms with E-state index in [4.69, 9.17) is 0 Å². The highest BCUT2D eigenvalue weighted by Gasteiger charge is 2.13. The van der Waals surface area contributed by atoms with Crippen LogP contribution in [0.25, 0.3) is 0 Å². The SMILES string of the molecule is CNC(=O)c1cccnc1N(C)CCCc1ccccc1. The normalized spacial score (nSPS) is 10.2. The third-order valence-electron chi connectivity index (χ3n) is 3.42. The van der Waals surface area contributed by atoms with Gasteiger partial charge in [0.25, 0.3) is 5.91 Å². The fourth-order valence-corrected chi connectivity index (χ4v) is 2.28. The van der Waals surface area contributed by atoms with Crippen molar-refractivity contribution in [2.45, 2.75) is 12.8 Å². The van der Waals surface area contributed by atoms with E-state index in [2.05, 4.69) is 34.6 Å². The van der Waals surface area contributed by atoms with Crippen molar-refractivity contribution in [1.82, 2.24) is 10.3 Å². The van der Waals surface area contributed by atoms with Crippen LogP contribution in [0.2, 0.25) is 0 Å². The van der Waals surface area contributed by atoms with Gasteiger partial charge in [-0.1, -0.05) is 30.3 Å². The number of pyridine rings is 1. The maximum Gasteiger partial charge on any atom is 0.254 e. The van der Waals surface area contributed by atoms with Crippen LogP contribution in [0.1, 0.15) is 22.3 Å². The number of carbonyl (C=O) groups excluding carboxylic acids is 1. The molecule has 0 aliphatic carbocycles. The molecule has 1 aromatic heterocycles. The van der Waals surface area contributed by atoms with E-state index < -0.39 is 0 Å². The maximum absolute atomic E-state index is 11.9. The molecule has 0 saturated heterocycles. The smallest absolute Gasteiger partial charge is 0.254 e. The average Bonchev–Trinajstić information content (AvgIpc) is 2.55. The Morgan fingerprint density at radius 2 is 1.95 bits per heavy atom. The van der Waals surface area contributed by atoms with Crippen molar-refractivity contribution in [1.29, 1.82) is 0 Å². The van der Waals surface area contributed by atoms with Gasteiger partial charge in [0.15, 0.2) is 0 Å². The van der Waals surface area contributed by atoms with E-state index in [0.29, 0.717) is 5.56 Å². The highest BCUT2D eigenvalue weighted by atomic mass is 16.1. The van der Waals surface area contributed by atoms with Crippen molar-refractivity contribution < 1.29 is 4.79 Å². The molecule has 0 bridgehead atoms. The Balaban J connectivity index is 1.97. The first-order chi connectivity index (χ1) is 10.2. The summed E-state index contributed by atoms with van der Waals surface area (Å²) in [5.74, 6) is 0.623. The molecular formula is C17H21N3O. The maximum atomic E-state index is 11.9. The lowest BCUT2D eigenvalue weighted by Gasteiger charge is -2.20. The molecule has 1 N–H and O–H groups in total. The number of hydrogen-bond donors (Lipinski definition) is 1. The predicted octanol–water partition coefficient (Wildman–Crippen LogP) is 2.51. The van der Waals surface area contributed by atoms with Gasteiger partial charge in [-0.05, 0) is 30.5 Å². The van der Waals surface area contributed by atoms with Gasteiger partial charge in [-0.2, -0.15) is 0 Å². The topological polar surface area (TPSA) is 45.2 Å². The highest BCUT2D eigenvalue weighted by molar-refractivity contribution is 5.98. The van der Waals surface area contributed by atoms with Crippen molar-refractivity contribution >= 4 is 11.7 Å². The fraction of sp³-hybridized carbons (Fsp3) is 0.294. The van der Waals surface area contributed by atoms with E-state index in [1.54, 1.807) is 25.4 Å². The minimum Gasteiger partial charge on any atom is -0.359 e. The first-order valence-corrected chi connectivity index (χ1v) is 7.14. The molecular weight excluding hydrogens is 262 g/mol. The van der Waals surface area contributed by atoms with Gasteiger partial charge >= 0.3 is 0 Å². The zero-order chi connectivity index (χ0) is 15.1. The quantitative estimate of drug-likeness (QED) is 0.886. The molecule has 2 rings (SSSR count). The Labute approximate surface area is 125 Å². The lowest BCUT2D eigenvalue weighted by atomic mass is 10.1. The summed E-state index contributed by atoms with van der Waals surface area (Å²) in [6.45, 7) is 0.857. The van der Waals surface area contributed by atoms with Crippen LogP contribution < -0.4 is 10.2 Å². The molecule has 4 nitrogen and oxygen atoms in total. The lowest BCUT2D eigenvalue weighted by Crippen LogP contribution is -2.26. The molecule has 0 saturated carbocycles. The van der Waals surface area contributed by atoms with Crippen molar-refractivity contribution in [3.63, 3.8) is 0 Å². The number of carbonyl (C=O) groups is 1. The van der Waals surface area contributed by atoms with Gasteiger partial charge in [-0.15, -0.1) is 0 Å². The van der Waals surface area contributed by atoms with Crippen molar-refractivity contribution in [2.75, 3.05) is 25.5 Å². The lowest BCUT2D eigenvalue weighted by molar-refractivity contribution is 0.0963. The van der Waals surface area contributed by atoms with Gasteiger partial charge in [-0.25, -0.2) is 4.98 Å². The van der Waals surface area contributed by atoms with Gasteiger partial charge in [0.1, 0.15) is 5.82 Å². The molecule has 1 heterocycles. The number of aryl methyl sites for hydroxylation is 1. The minimum atomic E-state index is -0.104. The van der Waals surface area contributed by atoms with Crippen molar-refractivity contribution in [3.8, 4) is 0 Å². The standard InChI is InChI=1S/C17H21N3O/c1-18-17(21)15-11-6-12-19-16(15)20(2)13-7-10-14-8-4-3-5-9-14/h3-6,8-9,11-12H,7,10,13H2,1-2H3,(H,18,21). The average molecular weight is 283 g/mol. The summed E-state index contributed by atoms with van der Waals surface area (Å²) in [5.41, 5.74) is 1.95. The van der Waals surface area contributed by atoms with Gasteiger partial charge in [0.2, 0.25) is 0 Å². The Morgan fingerprint density at radius 3 is 2.67 bits per heavy atom. The minimum absolute atomic E-state index is 0.104. The summed E-state index contributed by atoms with van der Waals surface area (Å²) in [7, 11) is 3.61. The largest absolute Gasteiger partial charge is 0.359 e. The van der Waals surface area contributed by atoms with Gasteiger partial charge < -0.3 is 10.2 Å². The summed E-state index contributed by atoms with van der Waals surface area (Å²) >= 11 is 0. The number of aromatic nitrogens is 1. The molecule has 0 fully saturated rings. The highest BCUT2D eigenvalue weighted by Crippen LogP contribution is 2.16. The molecule has 0 radical (unpaired) electrons. The van der Waals surface area contributed by atoms with Crippen LogP contribution in [-0.4, -0.2) is 31.5 Å². The Kier molecular flexibility index (Phi) is 5.32. The zero-order valence-electron chi connectivity index (χ0n) is 12.5. The van der Waals surface area contributed by atoms with E-state index in [-0.39, 0.29) is 5.91 Å². The molecule has 0 spiro atoms. The van der Waals surface area contributed by atoms with Crippen molar-refractivity contribution in [3.05, 3.63) is 59.8 Å². The fourth-order valence-electron chi connectivity index (χ4n) is 2.28. The van der Waals surface area contributed by atoms with E-state index in [9.17, 15) is 4.79 Å². The van der Waals surface area contributed by atoms with Crippen LogP contribution in [0.15, 0.2) is 48.7 Å². The number of benzene rings is 1. The molecule has 2 aromatic rings. The van der Waals surface area contributed by atoms with E-state index >= 15 is 0 Å². The van der Waals surface area contributed by atoms with Crippen LogP contribution in [0.3, 0.4) is 0 Å². The number of anilines is 1. The number of hydrogen-bond acceptors (Lipinski definition) is 3. The van der Waals surface area contributed by atoms with Gasteiger partial charge in [0, 0.05) is 26.8 Å². The Hall–Kier alpha value is -2.36. The number of nitrogens with one attached hydrogen (secondary N) is 1. The van der Waals surface area contributed by atoms with Gasteiger partial charge in [-0.3, -0.25) is 4.79 Å². The summed E-state index contributed by atoms with van der Waals surface area (Å²) < 4.78 is 0. The monoisotopic (exact) mass is 283 g/mol. The summed E-state index contributed by atoms with van der Waals surface area (Å²) in [5, 5.41) is 2.65. The molecule has 1 aromatic carbocycles. The molecule has 0 aliphatic rings. The number of nitrogens with zero attached hydrogens (tertiary/aromatic N) is 2. The number of rotatable bonds is 6. The van der Waals surface area contributed by atoms with Crippen LogP contribution in [0.5, 0.6) is 0 Å². The summed E-state index contributed by atoms with van der Waals surface area (Å²) in [4.78, 5) is 18.2. The van der Waals surface area contributed by atoms with Gasteiger partial charge in [0.05, 0.1) is 5.56 Å². The molecule has 0 aliphatic heterocycles. The molecule has 0 atom stereocenters. The Bertz CT molecular complexity index is 584. The summed E-state index contributed by atoms with van der Waals surface area (Å²) in [6.07, 6.45) is 3.76. The Morgan fingerprint density at radius 1 is 1.19 bits per heavy atom. The molecule has 0 unspecified atom stereocenters. The first-order valence-electron chi connectivity index (χ1n) is 7.14. The van der Waals surface area contributed by atoms with Crippen LogP contribution in [0.4, 0.5) is 5.82 Å². The molecule has 1 amide bonds. The van der Waals surface area contributed by atoms with E-state index in [0.717, 1.165) is 25.2 Å². The van der Waals surface area contributed by atoms with Crippen LogP contribution in [0, 0.1) is 0 Å². The third-order valence-corrected chi connectivity index (χ3v) is 3.42. The first kappa shape index (κ1) is 15.0. The summed E-state index contributed by atoms with van der Waals surface area (Å²) in [6, 6.07) is 14.0. The van der Waals surface area contributed by atoms with Crippen LogP contribution in [-0.2, 0) is 6.42 Å². The second kappa shape index (κ2) is 7.43. The second-order valence-corrected chi connectivity index (χ2v) is 4.96.